The van der Waals surface area contributed by atoms with Crippen molar-refractivity contribution in [3.63, 3.8) is 0 Å². The van der Waals surface area contributed by atoms with E-state index in [1.807, 2.05) is 0 Å². The van der Waals surface area contributed by atoms with E-state index < -0.39 is 0 Å². The molecule has 0 amide bonds. The van der Waals surface area contributed by atoms with Crippen molar-refractivity contribution < 1.29 is 0 Å². The highest BCUT2D eigenvalue weighted by Crippen LogP contribution is 2.40. The molecule has 0 heterocycles. The van der Waals surface area contributed by atoms with Crippen molar-refractivity contribution in [3.05, 3.63) is 60.7 Å². The van der Waals surface area contributed by atoms with Gasteiger partial charge in [-0.1, -0.05) is 94.5 Å². The highest BCUT2D eigenvalue weighted by Gasteiger charge is 2.22. The van der Waals surface area contributed by atoms with Gasteiger partial charge in [-0.05, 0) is 10.6 Å². The van der Waals surface area contributed by atoms with Gasteiger partial charge in [0.2, 0.25) is 0 Å². The molecule has 2 aromatic carbocycles. The van der Waals surface area contributed by atoms with Crippen molar-refractivity contribution in [3.8, 4) is 0 Å². The molecule has 0 aliphatic rings. The van der Waals surface area contributed by atoms with Crippen molar-refractivity contribution in [1.82, 2.24) is 0 Å². The molecule has 0 saturated heterocycles. The van der Waals surface area contributed by atoms with Crippen molar-refractivity contribution in [2.24, 2.45) is 0 Å². The van der Waals surface area contributed by atoms with E-state index in [9.17, 15) is 0 Å². The number of hydrogen-bond acceptors (Lipinski definition) is 0. The first kappa shape index (κ1) is 13.4. The molecule has 0 unspecified atom stereocenters. The summed E-state index contributed by atoms with van der Waals surface area (Å²) in [4.78, 5) is 0. The second kappa shape index (κ2) is 5.72. The summed E-state index contributed by atoms with van der Waals surface area (Å²) in [6, 6.07) is 21.6. The molecule has 0 bridgehead atoms. The van der Waals surface area contributed by atoms with Gasteiger partial charge in [-0.3, -0.25) is 0 Å². The lowest BCUT2D eigenvalue weighted by molar-refractivity contribution is 0.763. The van der Waals surface area contributed by atoms with Crippen LogP contribution in [-0.4, -0.2) is 7.00 Å². The fraction of sp³-hybridized carbons (Fsp3) is 0.250. The maximum atomic E-state index is 2.49. The molecule has 0 spiro atoms. The average molecular weight is 253 g/mol. The smallest absolute Gasteiger partial charge is 0.0865 e. The minimum atomic E-state index is -0.364. The van der Waals surface area contributed by atoms with Crippen LogP contribution in [0, 0.1) is 0 Å². The summed E-state index contributed by atoms with van der Waals surface area (Å²) in [5.41, 5.74) is 0. The monoisotopic (exact) mass is 253 g/mol. The van der Waals surface area contributed by atoms with Crippen LogP contribution in [-0.2, 0) is 0 Å². The van der Waals surface area contributed by atoms with Crippen molar-refractivity contribution in [2.75, 3.05) is 0 Å². The molecule has 91 valence electrons. The molecular formula is C16H19BP. The van der Waals surface area contributed by atoms with Crippen LogP contribution in [0.25, 0.3) is 0 Å². The molecule has 0 fully saturated rings. The van der Waals surface area contributed by atoms with Gasteiger partial charge in [-0.2, -0.15) is 0 Å². The molecule has 0 saturated carbocycles. The van der Waals surface area contributed by atoms with E-state index in [0.717, 1.165) is 0 Å². The summed E-state index contributed by atoms with van der Waals surface area (Å²) in [7, 11) is -0.364. The van der Waals surface area contributed by atoms with Gasteiger partial charge >= 0.3 is 0 Å². The molecule has 0 N–H and O–H groups in total. The quantitative estimate of drug-likeness (QED) is 0.573. The van der Waals surface area contributed by atoms with Crippen LogP contribution in [0.5, 0.6) is 0 Å². The van der Waals surface area contributed by atoms with Gasteiger partial charge in [0.25, 0.3) is 0 Å². The Hall–Kier alpha value is -1.07. The standard InChI is InChI=1S/C16H19BP/c1-16(2,3)17-18(14-10-6-4-7-11-14)15-12-8-5-9-13-15/h4-13H,1-3H3. The predicted octanol–water partition coefficient (Wildman–Crippen LogP) is 3.96. The maximum Gasteiger partial charge on any atom is 0.164 e. The molecule has 2 heteroatoms. The highest BCUT2D eigenvalue weighted by atomic mass is 31.1. The van der Waals surface area contributed by atoms with Crippen LogP contribution in [0.2, 0.25) is 5.31 Å². The predicted molar refractivity (Wildman–Crippen MR) is 84.5 cm³/mol. The fourth-order valence-electron chi connectivity index (χ4n) is 1.86. The molecule has 2 rings (SSSR count). The largest absolute Gasteiger partial charge is 0.164 e. The third-order valence-corrected chi connectivity index (χ3v) is 5.33. The van der Waals surface area contributed by atoms with Crippen LogP contribution >= 0.6 is 7.80 Å². The van der Waals surface area contributed by atoms with Crippen molar-refractivity contribution in [2.45, 2.75) is 26.1 Å². The van der Waals surface area contributed by atoms with E-state index in [1.54, 1.807) is 0 Å². The van der Waals surface area contributed by atoms with Crippen LogP contribution in [0.15, 0.2) is 60.7 Å². The molecule has 0 aromatic heterocycles. The van der Waals surface area contributed by atoms with Crippen LogP contribution < -0.4 is 10.6 Å². The van der Waals surface area contributed by atoms with E-state index >= 15 is 0 Å². The van der Waals surface area contributed by atoms with E-state index in [0.29, 0.717) is 0 Å². The Kier molecular flexibility index (Phi) is 4.25. The second-order valence-electron chi connectivity index (χ2n) is 5.54. The zero-order chi connectivity index (χ0) is 13.0. The Morgan fingerprint density at radius 2 is 1.11 bits per heavy atom. The van der Waals surface area contributed by atoms with Gasteiger partial charge in [0.05, 0.1) is 0 Å². The number of benzene rings is 2. The minimum Gasteiger partial charge on any atom is -0.0865 e. The van der Waals surface area contributed by atoms with Crippen molar-refractivity contribution in [1.29, 1.82) is 0 Å². The minimum absolute atomic E-state index is 0.234. The van der Waals surface area contributed by atoms with E-state index in [1.165, 1.54) is 10.6 Å². The zero-order valence-corrected chi connectivity index (χ0v) is 12.2. The second-order valence-corrected chi connectivity index (χ2v) is 7.57. The summed E-state index contributed by atoms with van der Waals surface area (Å²) in [5, 5.41) is 3.08. The SMILES string of the molecule is CC(C)(C)[B]P(c1ccccc1)c1ccccc1. The molecule has 1 radical (unpaired) electrons. The Morgan fingerprint density at radius 1 is 0.722 bits per heavy atom. The van der Waals surface area contributed by atoms with Crippen LogP contribution in [0.1, 0.15) is 20.8 Å². The van der Waals surface area contributed by atoms with Gasteiger partial charge in [0, 0.05) is 0 Å². The van der Waals surface area contributed by atoms with Crippen LogP contribution in [0.4, 0.5) is 0 Å². The van der Waals surface area contributed by atoms with E-state index in [4.69, 9.17) is 0 Å². The molecule has 0 aliphatic heterocycles. The molecule has 2 aromatic rings. The molecular weight excluding hydrogens is 234 g/mol. The molecule has 18 heavy (non-hydrogen) atoms. The lowest BCUT2D eigenvalue weighted by Gasteiger charge is -2.26. The van der Waals surface area contributed by atoms with Gasteiger partial charge in [-0.25, -0.2) is 0 Å². The van der Waals surface area contributed by atoms with Crippen LogP contribution in [0.3, 0.4) is 0 Å². The van der Waals surface area contributed by atoms with Gasteiger partial charge in [0.1, 0.15) is 0 Å². The van der Waals surface area contributed by atoms with E-state index in [2.05, 4.69) is 88.4 Å². The van der Waals surface area contributed by atoms with Gasteiger partial charge < -0.3 is 0 Å². The average Bonchev–Trinajstić information content (AvgIpc) is 2.37. The van der Waals surface area contributed by atoms with E-state index in [-0.39, 0.29) is 13.1 Å². The summed E-state index contributed by atoms with van der Waals surface area (Å²) in [5.74, 6) is 0. The Balaban J connectivity index is 2.36. The van der Waals surface area contributed by atoms with Gasteiger partial charge in [0.15, 0.2) is 7.00 Å². The topological polar surface area (TPSA) is 0 Å². The number of hydrogen-bond donors (Lipinski definition) is 0. The molecule has 0 aliphatic carbocycles. The first-order chi connectivity index (χ1) is 8.56. The maximum absolute atomic E-state index is 2.49. The Bertz CT molecular complexity index is 434. The summed E-state index contributed by atoms with van der Waals surface area (Å²) in [6.45, 7) is 9.31. The first-order valence-electron chi connectivity index (χ1n) is 6.32. The summed E-state index contributed by atoms with van der Waals surface area (Å²) < 4.78 is 0. The third kappa shape index (κ3) is 3.72. The Morgan fingerprint density at radius 3 is 1.44 bits per heavy atom. The molecule has 0 atom stereocenters. The lowest BCUT2D eigenvalue weighted by Crippen LogP contribution is -2.20. The number of rotatable bonds is 3. The fourth-order valence-corrected chi connectivity index (χ4v) is 4.22. The van der Waals surface area contributed by atoms with Crippen molar-refractivity contribution >= 4 is 25.4 Å². The third-order valence-electron chi connectivity index (χ3n) is 2.59. The first-order valence-corrected chi connectivity index (χ1v) is 7.73. The Labute approximate surface area is 112 Å². The normalized spacial score (nSPS) is 11.6. The summed E-state index contributed by atoms with van der Waals surface area (Å²) >= 11 is 0. The zero-order valence-electron chi connectivity index (χ0n) is 11.3. The highest BCUT2D eigenvalue weighted by molar-refractivity contribution is 7.97. The molecule has 0 nitrogen and oxygen atoms in total. The van der Waals surface area contributed by atoms with Gasteiger partial charge in [-0.15, -0.1) is 0 Å². The summed E-state index contributed by atoms with van der Waals surface area (Å²) in [6.07, 6.45) is 0. The lowest BCUT2D eigenvalue weighted by atomic mass is 9.73.